The highest BCUT2D eigenvalue weighted by atomic mass is 16.5. The Morgan fingerprint density at radius 1 is 1.19 bits per heavy atom. The van der Waals surface area contributed by atoms with Crippen LogP contribution in [0.4, 0.5) is 0 Å². The van der Waals surface area contributed by atoms with Crippen molar-refractivity contribution in [3.05, 3.63) is 23.8 Å². The van der Waals surface area contributed by atoms with Crippen molar-refractivity contribution in [1.82, 2.24) is 4.90 Å². The Bertz CT molecular complexity index is 519. The molecule has 2 aliphatic rings. The first-order chi connectivity index (χ1) is 10.1. The van der Waals surface area contributed by atoms with Crippen LogP contribution < -0.4 is 9.47 Å². The van der Waals surface area contributed by atoms with Gasteiger partial charge in [-0.05, 0) is 57.0 Å². The van der Waals surface area contributed by atoms with Gasteiger partial charge in [-0.2, -0.15) is 0 Å². The zero-order valence-electron chi connectivity index (χ0n) is 13.1. The lowest BCUT2D eigenvalue weighted by molar-refractivity contribution is 0.0566. The summed E-state index contributed by atoms with van der Waals surface area (Å²) in [7, 11) is 5.52. The van der Waals surface area contributed by atoms with Gasteiger partial charge < -0.3 is 19.5 Å². The number of aliphatic hydroxyl groups is 1. The van der Waals surface area contributed by atoms with E-state index in [9.17, 15) is 5.11 Å². The molecule has 4 heteroatoms. The van der Waals surface area contributed by atoms with Gasteiger partial charge in [0.05, 0.1) is 20.3 Å². The van der Waals surface area contributed by atoms with Crippen molar-refractivity contribution in [2.45, 2.75) is 43.2 Å². The number of ether oxygens (including phenoxy) is 2. The molecule has 0 spiro atoms. The van der Waals surface area contributed by atoms with Gasteiger partial charge in [0.25, 0.3) is 0 Å². The number of hydrogen-bond acceptors (Lipinski definition) is 4. The third kappa shape index (κ3) is 2.30. The van der Waals surface area contributed by atoms with Gasteiger partial charge in [0, 0.05) is 11.5 Å². The van der Waals surface area contributed by atoms with Crippen LogP contribution in [0, 0.1) is 0 Å². The maximum atomic E-state index is 10.0. The molecule has 1 aliphatic heterocycles. The summed E-state index contributed by atoms with van der Waals surface area (Å²) in [5.41, 5.74) is 1.47. The molecule has 0 aromatic heterocycles. The summed E-state index contributed by atoms with van der Waals surface area (Å²) < 4.78 is 10.8. The molecule has 1 aliphatic carbocycles. The first-order valence-corrected chi connectivity index (χ1v) is 7.71. The van der Waals surface area contributed by atoms with E-state index in [4.69, 9.17) is 9.47 Å². The van der Waals surface area contributed by atoms with Gasteiger partial charge in [0.2, 0.25) is 0 Å². The molecule has 0 radical (unpaired) electrons. The zero-order chi connectivity index (χ0) is 15.0. The van der Waals surface area contributed by atoms with Crippen LogP contribution in [0.25, 0.3) is 0 Å². The molecule has 0 amide bonds. The average molecular weight is 291 g/mol. The minimum absolute atomic E-state index is 0.146. The van der Waals surface area contributed by atoms with Crippen molar-refractivity contribution in [1.29, 1.82) is 0 Å². The summed E-state index contributed by atoms with van der Waals surface area (Å²) in [6.45, 7) is 1.09. The number of aliphatic hydroxyl groups excluding tert-OH is 1. The molecule has 1 saturated carbocycles. The Balaban J connectivity index is 2.01. The molecule has 1 aromatic rings. The SMILES string of the molecule is COc1ccc([C@]23CCC(O)CC2N(C)CC3)cc1OC. The van der Waals surface area contributed by atoms with Crippen LogP contribution in [-0.2, 0) is 5.41 Å². The van der Waals surface area contributed by atoms with E-state index in [1.807, 2.05) is 6.07 Å². The van der Waals surface area contributed by atoms with E-state index < -0.39 is 0 Å². The molecule has 3 rings (SSSR count). The van der Waals surface area contributed by atoms with Gasteiger partial charge in [0.1, 0.15) is 0 Å². The highest BCUT2D eigenvalue weighted by Gasteiger charge is 2.50. The molecule has 4 nitrogen and oxygen atoms in total. The fourth-order valence-electron chi connectivity index (χ4n) is 4.24. The van der Waals surface area contributed by atoms with E-state index in [1.54, 1.807) is 14.2 Å². The summed E-state index contributed by atoms with van der Waals surface area (Å²) in [6, 6.07) is 6.72. The summed E-state index contributed by atoms with van der Waals surface area (Å²) >= 11 is 0. The lowest BCUT2D eigenvalue weighted by Gasteiger charge is -2.43. The van der Waals surface area contributed by atoms with Gasteiger partial charge >= 0.3 is 0 Å². The van der Waals surface area contributed by atoms with Crippen molar-refractivity contribution < 1.29 is 14.6 Å². The van der Waals surface area contributed by atoms with Crippen molar-refractivity contribution in [3.8, 4) is 11.5 Å². The molecule has 2 unspecified atom stereocenters. The zero-order valence-corrected chi connectivity index (χ0v) is 13.1. The topological polar surface area (TPSA) is 41.9 Å². The van der Waals surface area contributed by atoms with Crippen LogP contribution in [0.3, 0.4) is 0 Å². The van der Waals surface area contributed by atoms with E-state index >= 15 is 0 Å². The highest BCUT2D eigenvalue weighted by Crippen LogP contribution is 2.49. The predicted molar refractivity (Wildman–Crippen MR) is 82.1 cm³/mol. The number of hydrogen-bond donors (Lipinski definition) is 1. The number of fused-ring (bicyclic) bond motifs is 1. The second-order valence-corrected chi connectivity index (χ2v) is 6.40. The number of likely N-dealkylation sites (N-methyl/N-ethyl adjacent to an activating group) is 1. The first-order valence-electron chi connectivity index (χ1n) is 7.71. The van der Waals surface area contributed by atoms with Crippen LogP contribution in [0.2, 0.25) is 0 Å². The molecule has 1 aromatic carbocycles. The largest absolute Gasteiger partial charge is 0.493 e. The standard InChI is InChI=1S/C17H25NO3/c1-18-9-8-17(7-6-13(19)11-16(17)18)12-4-5-14(20-2)15(10-12)21-3/h4-5,10,13,16,19H,6-9,11H2,1-3H3/t13?,16?,17-/m1/s1. The molecule has 1 N–H and O–H groups in total. The summed E-state index contributed by atoms with van der Waals surface area (Å²) in [5, 5.41) is 10.0. The van der Waals surface area contributed by atoms with Gasteiger partial charge in [-0.1, -0.05) is 6.07 Å². The van der Waals surface area contributed by atoms with Crippen LogP contribution in [-0.4, -0.2) is 50.0 Å². The van der Waals surface area contributed by atoms with Crippen molar-refractivity contribution >= 4 is 0 Å². The first kappa shape index (κ1) is 14.7. The maximum absolute atomic E-state index is 10.0. The van der Waals surface area contributed by atoms with Crippen molar-refractivity contribution in [2.24, 2.45) is 0 Å². The fourth-order valence-corrected chi connectivity index (χ4v) is 4.24. The average Bonchev–Trinajstić information content (AvgIpc) is 2.85. The van der Waals surface area contributed by atoms with E-state index in [0.717, 1.165) is 43.7 Å². The number of likely N-dealkylation sites (tertiary alicyclic amines) is 1. The Morgan fingerprint density at radius 2 is 1.95 bits per heavy atom. The maximum Gasteiger partial charge on any atom is 0.161 e. The minimum atomic E-state index is -0.163. The molecule has 21 heavy (non-hydrogen) atoms. The number of methoxy groups -OCH3 is 2. The number of nitrogens with zero attached hydrogens (tertiary/aromatic N) is 1. The van der Waals surface area contributed by atoms with Crippen LogP contribution >= 0.6 is 0 Å². The van der Waals surface area contributed by atoms with Gasteiger partial charge in [0.15, 0.2) is 11.5 Å². The second kappa shape index (κ2) is 5.50. The van der Waals surface area contributed by atoms with Crippen LogP contribution in [0.5, 0.6) is 11.5 Å². The van der Waals surface area contributed by atoms with E-state index in [2.05, 4.69) is 24.1 Å². The molecular formula is C17H25NO3. The molecule has 1 saturated heterocycles. The third-order valence-corrected chi connectivity index (χ3v) is 5.46. The normalized spacial score (nSPS) is 32.8. The molecule has 2 fully saturated rings. The molecule has 1 heterocycles. The van der Waals surface area contributed by atoms with Crippen molar-refractivity contribution in [3.63, 3.8) is 0 Å². The van der Waals surface area contributed by atoms with E-state index in [-0.39, 0.29) is 11.5 Å². The predicted octanol–water partition coefficient (Wildman–Crippen LogP) is 2.19. The monoisotopic (exact) mass is 291 g/mol. The lowest BCUT2D eigenvalue weighted by atomic mass is 9.65. The summed E-state index contributed by atoms with van der Waals surface area (Å²) in [4.78, 5) is 2.40. The Morgan fingerprint density at radius 3 is 2.67 bits per heavy atom. The van der Waals surface area contributed by atoms with Crippen LogP contribution in [0.1, 0.15) is 31.2 Å². The molecule has 0 bridgehead atoms. The quantitative estimate of drug-likeness (QED) is 0.927. The summed E-state index contributed by atoms with van der Waals surface area (Å²) in [6.07, 6.45) is 3.78. The Labute approximate surface area is 126 Å². The fraction of sp³-hybridized carbons (Fsp3) is 0.647. The van der Waals surface area contributed by atoms with Crippen molar-refractivity contribution in [2.75, 3.05) is 27.8 Å². The lowest BCUT2D eigenvalue weighted by Crippen LogP contribution is -2.47. The Kier molecular flexibility index (Phi) is 3.84. The van der Waals surface area contributed by atoms with Gasteiger partial charge in [-0.15, -0.1) is 0 Å². The van der Waals surface area contributed by atoms with Crippen LogP contribution in [0.15, 0.2) is 18.2 Å². The molecule has 116 valence electrons. The third-order valence-electron chi connectivity index (χ3n) is 5.46. The van der Waals surface area contributed by atoms with Gasteiger partial charge in [-0.3, -0.25) is 0 Å². The molecular weight excluding hydrogens is 266 g/mol. The van der Waals surface area contributed by atoms with E-state index in [1.165, 1.54) is 5.56 Å². The summed E-state index contributed by atoms with van der Waals surface area (Å²) in [5.74, 6) is 1.57. The highest BCUT2D eigenvalue weighted by molar-refractivity contribution is 5.46. The Hall–Kier alpha value is -1.26. The number of rotatable bonds is 3. The minimum Gasteiger partial charge on any atom is -0.493 e. The molecule has 3 atom stereocenters. The van der Waals surface area contributed by atoms with Gasteiger partial charge in [-0.25, -0.2) is 0 Å². The number of benzene rings is 1. The van der Waals surface area contributed by atoms with E-state index in [0.29, 0.717) is 6.04 Å². The smallest absolute Gasteiger partial charge is 0.161 e. The second-order valence-electron chi connectivity index (χ2n) is 6.40.